The van der Waals surface area contributed by atoms with Crippen molar-refractivity contribution in [1.29, 1.82) is 0 Å². The van der Waals surface area contributed by atoms with Gasteiger partial charge in [0.2, 0.25) is 0 Å². The van der Waals surface area contributed by atoms with Crippen LogP contribution >= 0.6 is 0 Å². The van der Waals surface area contributed by atoms with Crippen molar-refractivity contribution in [1.82, 2.24) is 0 Å². The number of anilines is 2. The minimum Gasteiger partial charge on any atom is -0.494 e. The van der Waals surface area contributed by atoms with Gasteiger partial charge in [-0.05, 0) is 55.0 Å². The summed E-state index contributed by atoms with van der Waals surface area (Å²) in [4.78, 5) is 12.3. The quantitative estimate of drug-likeness (QED) is 0.345. The molecule has 0 aliphatic heterocycles. The molecule has 1 N–H and O–H groups in total. The predicted molar refractivity (Wildman–Crippen MR) is 142 cm³/mol. The molecule has 37 heavy (non-hydrogen) atoms. The van der Waals surface area contributed by atoms with Gasteiger partial charge < -0.3 is 10.1 Å². The molecule has 4 rings (SSSR count). The first kappa shape index (κ1) is 25.9. The molecule has 1 amide bonds. The highest BCUT2D eigenvalue weighted by molar-refractivity contribution is 8.10. The summed E-state index contributed by atoms with van der Waals surface area (Å²) in [6.07, 6.45) is 0. The molecule has 190 valence electrons. The summed E-state index contributed by atoms with van der Waals surface area (Å²) < 4.78 is 61.0. The van der Waals surface area contributed by atoms with Crippen molar-refractivity contribution in [3.8, 4) is 5.75 Å². The Bertz CT molecular complexity index is 1560. The number of carbonyl (C=O) groups is 1. The summed E-state index contributed by atoms with van der Waals surface area (Å²) >= 11 is 0. The lowest BCUT2D eigenvalue weighted by Crippen LogP contribution is -2.37. The fraction of sp³-hybridized carbons (Fsp3) is 0.0741. The number of sulfonamides is 2. The van der Waals surface area contributed by atoms with Crippen LogP contribution in [0, 0.1) is 6.92 Å². The van der Waals surface area contributed by atoms with E-state index in [0.717, 1.165) is 0 Å². The van der Waals surface area contributed by atoms with Gasteiger partial charge in [0.15, 0.2) is 0 Å². The highest BCUT2D eigenvalue weighted by Crippen LogP contribution is 2.39. The standard InChI is InChI=1S/C27H24N2O6S2/c1-20-18-24(28-27(30)21-12-6-3-7-13-21)26(35-2)19-25(20)29(36(31,32)22-14-8-4-9-15-22)37(33,34)23-16-10-5-11-17-23/h3-19H,1-2H3,(H,28,30). The number of hydrogen-bond acceptors (Lipinski definition) is 6. The number of aryl methyl sites for hydroxylation is 1. The molecule has 8 nitrogen and oxygen atoms in total. The number of hydrogen-bond donors (Lipinski definition) is 1. The second kappa shape index (κ2) is 10.5. The van der Waals surface area contributed by atoms with Crippen LogP contribution in [0.15, 0.2) is 113 Å². The summed E-state index contributed by atoms with van der Waals surface area (Å²) in [7, 11) is -7.83. The maximum Gasteiger partial charge on any atom is 0.277 e. The highest BCUT2D eigenvalue weighted by Gasteiger charge is 2.38. The summed E-state index contributed by atoms with van der Waals surface area (Å²) in [5.74, 6) is -0.321. The molecule has 10 heteroatoms. The summed E-state index contributed by atoms with van der Waals surface area (Å²) in [6.45, 7) is 1.56. The molecule has 0 saturated heterocycles. The van der Waals surface area contributed by atoms with E-state index in [9.17, 15) is 21.6 Å². The Balaban J connectivity index is 1.89. The van der Waals surface area contributed by atoms with Crippen LogP contribution in [0.5, 0.6) is 5.75 Å². The van der Waals surface area contributed by atoms with Crippen LogP contribution in [0.3, 0.4) is 0 Å². The van der Waals surface area contributed by atoms with Crippen LogP contribution in [0.25, 0.3) is 0 Å². The number of rotatable bonds is 8. The van der Waals surface area contributed by atoms with Crippen molar-refractivity contribution >= 4 is 37.3 Å². The van der Waals surface area contributed by atoms with Gasteiger partial charge in [-0.1, -0.05) is 54.6 Å². The highest BCUT2D eigenvalue weighted by atomic mass is 32.3. The van der Waals surface area contributed by atoms with Crippen molar-refractivity contribution in [2.24, 2.45) is 0 Å². The number of carbonyl (C=O) groups excluding carboxylic acids is 1. The minimum atomic E-state index is -4.58. The third-order valence-electron chi connectivity index (χ3n) is 5.52. The molecule has 0 unspecified atom stereocenters. The van der Waals surface area contributed by atoms with E-state index in [1.807, 2.05) is 0 Å². The van der Waals surface area contributed by atoms with Gasteiger partial charge in [-0.15, -0.1) is 0 Å². The number of nitrogens with zero attached hydrogens (tertiary/aromatic N) is 1. The molecule has 0 radical (unpaired) electrons. The maximum absolute atomic E-state index is 13.8. The first-order valence-electron chi connectivity index (χ1n) is 11.1. The number of nitrogens with one attached hydrogen (secondary N) is 1. The van der Waals surface area contributed by atoms with Gasteiger partial charge in [0.25, 0.3) is 26.0 Å². The largest absolute Gasteiger partial charge is 0.494 e. The smallest absolute Gasteiger partial charge is 0.277 e. The van der Waals surface area contributed by atoms with Crippen molar-refractivity contribution in [3.05, 3.63) is 114 Å². The van der Waals surface area contributed by atoms with Gasteiger partial charge in [-0.2, -0.15) is 3.71 Å². The van der Waals surface area contributed by atoms with E-state index in [0.29, 0.717) is 9.27 Å². The monoisotopic (exact) mass is 536 g/mol. The summed E-state index contributed by atoms with van der Waals surface area (Å²) in [6, 6.07) is 25.9. The molecule has 4 aromatic rings. The second-order valence-corrected chi connectivity index (χ2v) is 11.8. The first-order valence-corrected chi connectivity index (χ1v) is 14.0. The molecular formula is C27H24N2O6S2. The van der Waals surface area contributed by atoms with Gasteiger partial charge in [-0.25, -0.2) is 16.8 Å². The molecule has 0 aliphatic rings. The molecule has 0 bridgehead atoms. The van der Waals surface area contributed by atoms with Crippen LogP contribution in [-0.4, -0.2) is 29.9 Å². The maximum atomic E-state index is 13.8. The fourth-order valence-corrected chi connectivity index (χ4v) is 7.54. The average Bonchev–Trinajstić information content (AvgIpc) is 2.91. The zero-order chi connectivity index (χ0) is 26.6. The van der Waals surface area contributed by atoms with E-state index in [2.05, 4.69) is 5.32 Å². The van der Waals surface area contributed by atoms with E-state index in [1.165, 1.54) is 67.8 Å². The van der Waals surface area contributed by atoms with Gasteiger partial charge in [0.1, 0.15) is 5.75 Å². The SMILES string of the molecule is COc1cc(N(S(=O)(=O)c2ccccc2)S(=O)(=O)c2ccccc2)c(C)cc1NC(=O)c1ccccc1. The van der Waals surface area contributed by atoms with Crippen LogP contribution in [0.4, 0.5) is 11.4 Å². The van der Waals surface area contributed by atoms with E-state index < -0.39 is 26.0 Å². The second-order valence-electron chi connectivity index (χ2n) is 7.99. The van der Waals surface area contributed by atoms with Crippen LogP contribution in [0.2, 0.25) is 0 Å². The Kier molecular flexibility index (Phi) is 7.33. The van der Waals surface area contributed by atoms with E-state index in [-0.39, 0.29) is 32.5 Å². The van der Waals surface area contributed by atoms with Gasteiger partial charge in [0, 0.05) is 11.6 Å². The Morgan fingerprint density at radius 3 is 1.65 bits per heavy atom. The number of methoxy groups -OCH3 is 1. The third kappa shape index (κ3) is 5.20. The summed E-state index contributed by atoms with van der Waals surface area (Å²) in [5.41, 5.74) is 0.809. The molecule has 4 aromatic carbocycles. The van der Waals surface area contributed by atoms with Gasteiger partial charge in [-0.3, -0.25) is 4.79 Å². The molecular weight excluding hydrogens is 512 g/mol. The van der Waals surface area contributed by atoms with E-state index in [4.69, 9.17) is 4.74 Å². The van der Waals surface area contributed by atoms with Crippen molar-refractivity contribution < 1.29 is 26.4 Å². The van der Waals surface area contributed by atoms with Gasteiger partial charge >= 0.3 is 0 Å². The van der Waals surface area contributed by atoms with Crippen LogP contribution in [0.1, 0.15) is 15.9 Å². The van der Waals surface area contributed by atoms with Crippen LogP contribution in [-0.2, 0) is 20.0 Å². The zero-order valence-corrected chi connectivity index (χ0v) is 21.7. The molecule has 0 aromatic heterocycles. The van der Waals surface area contributed by atoms with Crippen molar-refractivity contribution in [3.63, 3.8) is 0 Å². The molecule has 0 fully saturated rings. The predicted octanol–water partition coefficient (Wildman–Crippen LogP) is 4.84. The van der Waals surface area contributed by atoms with Crippen molar-refractivity contribution in [2.75, 3.05) is 16.1 Å². The van der Waals surface area contributed by atoms with Crippen LogP contribution < -0.4 is 13.8 Å². The topological polar surface area (TPSA) is 110 Å². The molecule has 0 aliphatic carbocycles. The normalized spacial score (nSPS) is 11.5. The molecule has 0 saturated carbocycles. The fourth-order valence-electron chi connectivity index (χ4n) is 3.69. The molecule has 0 heterocycles. The lowest BCUT2D eigenvalue weighted by atomic mass is 10.1. The first-order chi connectivity index (χ1) is 17.7. The average molecular weight is 537 g/mol. The van der Waals surface area contributed by atoms with Gasteiger partial charge in [0.05, 0.1) is 28.3 Å². The Hall–Kier alpha value is -4.15. The lowest BCUT2D eigenvalue weighted by molar-refractivity contribution is 0.102. The zero-order valence-electron chi connectivity index (χ0n) is 20.0. The number of ether oxygens (including phenoxy) is 1. The molecule has 0 atom stereocenters. The van der Waals surface area contributed by atoms with E-state index in [1.54, 1.807) is 49.4 Å². The Morgan fingerprint density at radius 1 is 0.730 bits per heavy atom. The molecule has 0 spiro atoms. The number of benzene rings is 4. The number of amides is 1. The summed E-state index contributed by atoms with van der Waals surface area (Å²) in [5, 5.41) is 2.74. The lowest BCUT2D eigenvalue weighted by Gasteiger charge is -2.26. The Morgan fingerprint density at radius 2 is 1.19 bits per heavy atom. The Labute approximate surface area is 216 Å². The van der Waals surface area contributed by atoms with E-state index >= 15 is 0 Å². The van der Waals surface area contributed by atoms with Crippen molar-refractivity contribution in [2.45, 2.75) is 16.7 Å². The minimum absolute atomic E-state index is 0.0846. The third-order valence-corrected chi connectivity index (χ3v) is 9.70.